The van der Waals surface area contributed by atoms with Crippen molar-refractivity contribution in [2.75, 3.05) is 0 Å². The van der Waals surface area contributed by atoms with Crippen LogP contribution >= 0.6 is 12.2 Å². The van der Waals surface area contributed by atoms with Gasteiger partial charge in [0.15, 0.2) is 0 Å². The highest BCUT2D eigenvalue weighted by molar-refractivity contribution is 7.80. The molecule has 9 heavy (non-hydrogen) atoms. The Balaban J connectivity index is 3.63. The van der Waals surface area contributed by atoms with Crippen LogP contribution in [0.1, 0.15) is 6.92 Å². The zero-order chi connectivity index (χ0) is 7.44. The van der Waals surface area contributed by atoms with Gasteiger partial charge in [-0.1, -0.05) is 12.2 Å². The van der Waals surface area contributed by atoms with E-state index < -0.39 is 12.1 Å². The third-order valence-corrected chi connectivity index (χ3v) is 1.12. The number of nitrogens with two attached hydrogens (primary N) is 1. The summed E-state index contributed by atoms with van der Waals surface area (Å²) in [6.07, 6.45) is -1.12. The highest BCUT2D eigenvalue weighted by atomic mass is 32.1. The van der Waals surface area contributed by atoms with Crippen molar-refractivity contribution >= 4 is 23.3 Å². The van der Waals surface area contributed by atoms with Crippen LogP contribution in [-0.4, -0.2) is 22.2 Å². The minimum absolute atomic E-state index is 0.150. The number of thiocarbonyl (C=S) groups is 1. The normalized spacial score (nSPS) is 12.1. The fraction of sp³-hybridized carbons (Fsp3) is 0.500. The van der Waals surface area contributed by atoms with Gasteiger partial charge in [0.1, 0.15) is 0 Å². The zero-order valence-electron chi connectivity index (χ0n) is 4.92. The highest BCUT2D eigenvalue weighted by Crippen LogP contribution is 1.79. The second-order valence-corrected chi connectivity index (χ2v) is 2.04. The molecule has 4 nitrogen and oxygen atoms in total. The monoisotopic (exact) mass is 148 g/mol. The Labute approximate surface area is 58.0 Å². The lowest BCUT2D eigenvalue weighted by Gasteiger charge is -2.07. The molecule has 5 heteroatoms. The molecule has 0 saturated heterocycles. The van der Waals surface area contributed by atoms with Gasteiger partial charge in [0.25, 0.3) is 0 Å². The molecule has 0 spiro atoms. The molecule has 0 aromatic heterocycles. The van der Waals surface area contributed by atoms with E-state index in [2.05, 4.69) is 17.5 Å². The van der Waals surface area contributed by atoms with Crippen LogP contribution < -0.4 is 11.1 Å². The number of nitrogens with one attached hydrogen (secondary N) is 1. The Morgan fingerprint density at radius 3 is 2.44 bits per heavy atom. The van der Waals surface area contributed by atoms with Gasteiger partial charge in [-0.15, -0.1) is 0 Å². The second-order valence-electron chi connectivity index (χ2n) is 1.57. The summed E-state index contributed by atoms with van der Waals surface area (Å²) in [5, 5.41) is 10.2. The van der Waals surface area contributed by atoms with E-state index in [1.165, 1.54) is 0 Å². The first-order valence-electron chi connectivity index (χ1n) is 2.33. The Morgan fingerprint density at radius 2 is 2.33 bits per heavy atom. The maximum Gasteiger partial charge on any atom is 0.405 e. The first-order chi connectivity index (χ1) is 4.04. The van der Waals surface area contributed by atoms with Crippen LogP contribution in [0.3, 0.4) is 0 Å². The molecular formula is C4H8N2O2S. The first-order valence-corrected chi connectivity index (χ1v) is 2.73. The van der Waals surface area contributed by atoms with Gasteiger partial charge >= 0.3 is 6.09 Å². The lowest BCUT2D eigenvalue weighted by Crippen LogP contribution is -2.40. The van der Waals surface area contributed by atoms with E-state index in [4.69, 9.17) is 10.8 Å². The van der Waals surface area contributed by atoms with Crippen molar-refractivity contribution in [2.45, 2.75) is 13.0 Å². The molecule has 0 unspecified atom stereocenters. The minimum atomic E-state index is -1.12. The van der Waals surface area contributed by atoms with E-state index >= 15 is 0 Å². The Kier molecular flexibility index (Phi) is 2.94. The van der Waals surface area contributed by atoms with Crippen LogP contribution in [0, 0.1) is 0 Å². The molecule has 0 bridgehead atoms. The lowest BCUT2D eigenvalue weighted by molar-refractivity contribution is 0.193. The van der Waals surface area contributed by atoms with Gasteiger partial charge in [-0.25, -0.2) is 4.79 Å². The van der Waals surface area contributed by atoms with Crippen molar-refractivity contribution in [1.29, 1.82) is 0 Å². The smallest absolute Gasteiger partial charge is 0.405 e. The molecule has 0 heterocycles. The molecule has 52 valence electrons. The molecule has 0 fully saturated rings. The summed E-state index contributed by atoms with van der Waals surface area (Å²) in [6, 6.07) is -0.447. The summed E-state index contributed by atoms with van der Waals surface area (Å²) in [5.41, 5.74) is 5.09. The molecule has 0 aliphatic heterocycles. The van der Waals surface area contributed by atoms with Gasteiger partial charge in [-0.2, -0.15) is 0 Å². The summed E-state index contributed by atoms with van der Waals surface area (Å²) in [6.45, 7) is 1.58. The van der Waals surface area contributed by atoms with Crippen LogP contribution in [0.2, 0.25) is 0 Å². The van der Waals surface area contributed by atoms with Crippen LogP contribution in [0.5, 0.6) is 0 Å². The molecule has 0 aromatic rings. The van der Waals surface area contributed by atoms with E-state index in [1.54, 1.807) is 6.92 Å². The summed E-state index contributed by atoms with van der Waals surface area (Å²) >= 11 is 4.49. The van der Waals surface area contributed by atoms with Gasteiger partial charge in [0.05, 0.1) is 11.0 Å². The molecule has 0 aliphatic carbocycles. The van der Waals surface area contributed by atoms with Crippen LogP contribution in [0.15, 0.2) is 0 Å². The first kappa shape index (κ1) is 8.16. The number of carbonyl (C=O) groups is 1. The van der Waals surface area contributed by atoms with Crippen molar-refractivity contribution < 1.29 is 9.90 Å². The van der Waals surface area contributed by atoms with Crippen molar-refractivity contribution in [3.63, 3.8) is 0 Å². The van der Waals surface area contributed by atoms with Crippen LogP contribution in [0.4, 0.5) is 4.79 Å². The number of amides is 1. The molecule has 0 radical (unpaired) electrons. The van der Waals surface area contributed by atoms with Crippen LogP contribution in [0.25, 0.3) is 0 Å². The van der Waals surface area contributed by atoms with Crippen molar-refractivity contribution in [3.8, 4) is 0 Å². The topological polar surface area (TPSA) is 75.3 Å². The van der Waals surface area contributed by atoms with Crippen molar-refractivity contribution in [2.24, 2.45) is 5.73 Å². The molecule has 0 aromatic carbocycles. The predicted molar refractivity (Wildman–Crippen MR) is 37.4 cm³/mol. The van der Waals surface area contributed by atoms with E-state index in [0.717, 1.165) is 0 Å². The fourth-order valence-corrected chi connectivity index (χ4v) is 0.315. The highest BCUT2D eigenvalue weighted by Gasteiger charge is 2.05. The second kappa shape index (κ2) is 3.24. The van der Waals surface area contributed by atoms with Gasteiger partial charge in [-0.3, -0.25) is 0 Å². The summed E-state index contributed by atoms with van der Waals surface area (Å²) < 4.78 is 0. The Morgan fingerprint density at radius 1 is 1.89 bits per heavy atom. The average Bonchev–Trinajstić information content (AvgIpc) is 1.63. The van der Waals surface area contributed by atoms with Gasteiger partial charge in [-0.05, 0) is 6.92 Å². The standard InChI is InChI=1S/C4H8N2O2S/c1-2(3(5)9)6-4(7)8/h2,6H,1H3,(H2,5,9)(H,7,8)/t2-/m0/s1. The van der Waals surface area contributed by atoms with E-state index in [0.29, 0.717) is 0 Å². The molecule has 1 amide bonds. The van der Waals surface area contributed by atoms with Gasteiger partial charge < -0.3 is 16.2 Å². The summed E-state index contributed by atoms with van der Waals surface area (Å²) in [5.74, 6) is 0. The minimum Gasteiger partial charge on any atom is -0.465 e. The number of carboxylic acid groups (broad SMARTS) is 1. The number of rotatable bonds is 2. The molecular weight excluding hydrogens is 140 g/mol. The molecule has 0 aliphatic rings. The summed E-state index contributed by atoms with van der Waals surface area (Å²) in [7, 11) is 0. The van der Waals surface area contributed by atoms with E-state index in [-0.39, 0.29) is 4.99 Å². The van der Waals surface area contributed by atoms with E-state index in [1.807, 2.05) is 0 Å². The van der Waals surface area contributed by atoms with E-state index in [9.17, 15) is 4.79 Å². The van der Waals surface area contributed by atoms with Crippen LogP contribution in [-0.2, 0) is 0 Å². The number of hydrogen-bond acceptors (Lipinski definition) is 2. The van der Waals surface area contributed by atoms with Gasteiger partial charge in [0.2, 0.25) is 0 Å². The van der Waals surface area contributed by atoms with Crippen molar-refractivity contribution in [3.05, 3.63) is 0 Å². The fourth-order valence-electron chi connectivity index (χ4n) is 0.256. The maximum atomic E-state index is 9.89. The Hall–Kier alpha value is -0.840. The predicted octanol–water partition coefficient (Wildman–Crippen LogP) is -0.0714. The average molecular weight is 148 g/mol. The lowest BCUT2D eigenvalue weighted by atomic mass is 10.3. The molecule has 0 saturated carbocycles. The molecule has 1 atom stereocenters. The quantitative estimate of drug-likeness (QED) is 0.479. The third-order valence-electron chi connectivity index (χ3n) is 0.767. The van der Waals surface area contributed by atoms with Gasteiger partial charge in [0, 0.05) is 0 Å². The number of hydrogen-bond donors (Lipinski definition) is 3. The molecule has 0 rings (SSSR count). The largest absolute Gasteiger partial charge is 0.465 e. The van der Waals surface area contributed by atoms with Crippen molar-refractivity contribution in [1.82, 2.24) is 5.32 Å². The zero-order valence-corrected chi connectivity index (χ0v) is 5.73. The summed E-state index contributed by atoms with van der Waals surface area (Å²) in [4.78, 5) is 10.0. The third kappa shape index (κ3) is 3.72. The SMILES string of the molecule is C[C@H](NC(=O)O)C(N)=S. The Bertz CT molecular complexity index is 137. The molecule has 4 N–H and O–H groups in total. The maximum absolute atomic E-state index is 9.89.